The number of hydrogen-bond donors (Lipinski definition) is 1. The van der Waals surface area contributed by atoms with E-state index in [0.29, 0.717) is 6.04 Å². The maximum Gasteiger partial charge on any atom is 0.0682 e. The van der Waals surface area contributed by atoms with Crippen LogP contribution < -0.4 is 4.90 Å². The van der Waals surface area contributed by atoms with Gasteiger partial charge in [0.1, 0.15) is 0 Å². The molecule has 1 aliphatic rings. The zero-order valence-corrected chi connectivity index (χ0v) is 10.4. The minimum absolute atomic E-state index is 0.0528. The molecule has 16 heavy (non-hydrogen) atoms. The average Bonchev–Trinajstić information content (AvgIpc) is 2.76. The van der Waals surface area contributed by atoms with Crippen molar-refractivity contribution < 1.29 is 5.11 Å². The lowest BCUT2D eigenvalue weighted by atomic mass is 10.1. The first-order valence-corrected chi connectivity index (χ1v) is 6.30. The first kappa shape index (κ1) is 11.7. The Morgan fingerprint density at radius 1 is 1.50 bits per heavy atom. The van der Waals surface area contributed by atoms with E-state index in [1.165, 1.54) is 12.8 Å². The molecule has 3 heteroatoms. The molecular formula is C13H18ClNO. The van der Waals surface area contributed by atoms with Crippen LogP contribution >= 0.6 is 11.6 Å². The normalized spacial score (nSPS) is 20.4. The summed E-state index contributed by atoms with van der Waals surface area (Å²) in [7, 11) is 0. The molecule has 0 radical (unpaired) electrons. The predicted molar refractivity (Wildman–Crippen MR) is 68.0 cm³/mol. The molecule has 0 bridgehead atoms. The van der Waals surface area contributed by atoms with Crippen LogP contribution in [0.4, 0.5) is 5.69 Å². The smallest absolute Gasteiger partial charge is 0.0682 e. The summed E-state index contributed by atoms with van der Waals surface area (Å²) in [5, 5.41) is 9.80. The fourth-order valence-corrected chi connectivity index (χ4v) is 2.77. The lowest BCUT2D eigenvalue weighted by Crippen LogP contribution is -2.28. The van der Waals surface area contributed by atoms with Crippen LogP contribution in [0, 0.1) is 0 Å². The van der Waals surface area contributed by atoms with Gasteiger partial charge >= 0.3 is 0 Å². The van der Waals surface area contributed by atoms with Crippen molar-refractivity contribution in [1.82, 2.24) is 0 Å². The highest BCUT2D eigenvalue weighted by Crippen LogP contribution is 2.33. The maximum atomic E-state index is 9.04. The second-order valence-corrected chi connectivity index (χ2v) is 4.75. The van der Waals surface area contributed by atoms with Crippen molar-refractivity contribution in [3.63, 3.8) is 0 Å². The first-order valence-electron chi connectivity index (χ1n) is 5.92. The standard InChI is InChI=1S/C13H18ClNO/c1-2-11-4-3-7-15(11)13-6-5-10(9-16)8-12(13)14/h5-6,8,11,16H,2-4,7,9H2,1H3. The Morgan fingerprint density at radius 2 is 2.31 bits per heavy atom. The Morgan fingerprint density at radius 3 is 2.94 bits per heavy atom. The van der Waals surface area contributed by atoms with Crippen LogP contribution in [0.1, 0.15) is 31.7 Å². The van der Waals surface area contributed by atoms with Crippen LogP contribution in [0.3, 0.4) is 0 Å². The van der Waals surface area contributed by atoms with E-state index in [1.807, 2.05) is 18.2 Å². The van der Waals surface area contributed by atoms with E-state index < -0.39 is 0 Å². The molecule has 1 fully saturated rings. The molecule has 2 nitrogen and oxygen atoms in total. The van der Waals surface area contributed by atoms with E-state index in [-0.39, 0.29) is 6.61 Å². The van der Waals surface area contributed by atoms with Gasteiger partial charge in [0.2, 0.25) is 0 Å². The molecule has 0 aromatic heterocycles. The van der Waals surface area contributed by atoms with Crippen molar-refractivity contribution >= 4 is 17.3 Å². The van der Waals surface area contributed by atoms with Crippen molar-refractivity contribution in [2.45, 2.75) is 38.8 Å². The summed E-state index contributed by atoms with van der Waals surface area (Å²) in [6.45, 7) is 3.37. The van der Waals surface area contributed by atoms with Gasteiger partial charge in [0, 0.05) is 12.6 Å². The van der Waals surface area contributed by atoms with Gasteiger partial charge in [-0.3, -0.25) is 0 Å². The molecule has 1 heterocycles. The van der Waals surface area contributed by atoms with Gasteiger partial charge in [0.05, 0.1) is 17.3 Å². The lowest BCUT2D eigenvalue weighted by molar-refractivity contribution is 0.282. The third-order valence-electron chi connectivity index (χ3n) is 3.35. The van der Waals surface area contributed by atoms with Gasteiger partial charge < -0.3 is 10.0 Å². The zero-order valence-electron chi connectivity index (χ0n) is 9.62. The lowest BCUT2D eigenvalue weighted by Gasteiger charge is -2.27. The number of halogens is 1. The molecule has 1 aromatic carbocycles. The number of aliphatic hydroxyl groups excluding tert-OH is 1. The largest absolute Gasteiger partial charge is 0.392 e. The average molecular weight is 240 g/mol. The maximum absolute atomic E-state index is 9.04. The van der Waals surface area contributed by atoms with Crippen LogP contribution in [0.5, 0.6) is 0 Å². The summed E-state index contributed by atoms with van der Waals surface area (Å²) >= 11 is 6.26. The highest BCUT2D eigenvalue weighted by molar-refractivity contribution is 6.33. The number of benzene rings is 1. The Kier molecular flexibility index (Phi) is 3.72. The summed E-state index contributed by atoms with van der Waals surface area (Å²) in [6.07, 6.45) is 3.67. The molecule has 2 rings (SSSR count). The minimum Gasteiger partial charge on any atom is -0.392 e. The Labute approximate surface area is 102 Å². The summed E-state index contributed by atoms with van der Waals surface area (Å²) in [4.78, 5) is 2.39. The Hall–Kier alpha value is -0.730. The van der Waals surface area contributed by atoms with Gasteiger partial charge in [-0.1, -0.05) is 24.6 Å². The Bertz CT molecular complexity index is 367. The van der Waals surface area contributed by atoms with Gasteiger partial charge in [-0.25, -0.2) is 0 Å². The van der Waals surface area contributed by atoms with Crippen molar-refractivity contribution in [2.24, 2.45) is 0 Å². The highest BCUT2D eigenvalue weighted by atomic mass is 35.5. The van der Waals surface area contributed by atoms with Crippen molar-refractivity contribution in [2.75, 3.05) is 11.4 Å². The van der Waals surface area contributed by atoms with E-state index in [9.17, 15) is 0 Å². The van der Waals surface area contributed by atoms with Crippen LogP contribution in [0.25, 0.3) is 0 Å². The summed E-state index contributed by atoms with van der Waals surface area (Å²) < 4.78 is 0. The van der Waals surface area contributed by atoms with E-state index in [2.05, 4.69) is 11.8 Å². The Balaban J connectivity index is 2.26. The SMILES string of the molecule is CCC1CCCN1c1ccc(CO)cc1Cl. The molecule has 1 aromatic rings. The first-order chi connectivity index (χ1) is 7.76. The number of aliphatic hydroxyl groups is 1. The van der Waals surface area contributed by atoms with Gasteiger partial charge in [-0.2, -0.15) is 0 Å². The summed E-state index contributed by atoms with van der Waals surface area (Å²) in [5.74, 6) is 0. The molecule has 1 aliphatic heterocycles. The monoisotopic (exact) mass is 239 g/mol. The third kappa shape index (κ3) is 2.18. The number of rotatable bonds is 3. The third-order valence-corrected chi connectivity index (χ3v) is 3.66. The minimum atomic E-state index is 0.0528. The molecule has 1 N–H and O–H groups in total. The highest BCUT2D eigenvalue weighted by Gasteiger charge is 2.24. The van der Waals surface area contributed by atoms with Gasteiger partial charge in [-0.05, 0) is 37.0 Å². The predicted octanol–water partition coefficient (Wildman–Crippen LogP) is 3.21. The molecule has 88 valence electrons. The molecule has 0 spiro atoms. The van der Waals surface area contributed by atoms with E-state index >= 15 is 0 Å². The molecule has 1 saturated heterocycles. The fourth-order valence-electron chi connectivity index (χ4n) is 2.46. The summed E-state index contributed by atoms with van der Waals surface area (Å²) in [6, 6.07) is 6.47. The molecule has 0 saturated carbocycles. The number of anilines is 1. The second kappa shape index (κ2) is 5.07. The molecule has 1 unspecified atom stereocenters. The van der Waals surface area contributed by atoms with Crippen LogP contribution in [-0.2, 0) is 6.61 Å². The molecular weight excluding hydrogens is 222 g/mol. The topological polar surface area (TPSA) is 23.5 Å². The van der Waals surface area contributed by atoms with E-state index in [1.54, 1.807) is 0 Å². The van der Waals surface area contributed by atoms with Gasteiger partial charge in [0.25, 0.3) is 0 Å². The van der Waals surface area contributed by atoms with E-state index in [4.69, 9.17) is 16.7 Å². The molecule has 0 amide bonds. The number of nitrogens with zero attached hydrogens (tertiary/aromatic N) is 1. The van der Waals surface area contributed by atoms with Crippen LogP contribution in [0.2, 0.25) is 5.02 Å². The van der Waals surface area contributed by atoms with Crippen LogP contribution in [0.15, 0.2) is 18.2 Å². The number of hydrogen-bond acceptors (Lipinski definition) is 2. The molecule has 0 aliphatic carbocycles. The van der Waals surface area contributed by atoms with Gasteiger partial charge in [-0.15, -0.1) is 0 Å². The zero-order chi connectivity index (χ0) is 11.5. The van der Waals surface area contributed by atoms with Gasteiger partial charge in [0.15, 0.2) is 0 Å². The van der Waals surface area contributed by atoms with E-state index in [0.717, 1.165) is 29.2 Å². The van der Waals surface area contributed by atoms with Crippen LogP contribution in [-0.4, -0.2) is 17.7 Å². The van der Waals surface area contributed by atoms with Crippen molar-refractivity contribution in [3.8, 4) is 0 Å². The van der Waals surface area contributed by atoms with Crippen molar-refractivity contribution in [1.29, 1.82) is 0 Å². The van der Waals surface area contributed by atoms with Crippen molar-refractivity contribution in [3.05, 3.63) is 28.8 Å². The molecule has 1 atom stereocenters. The summed E-state index contributed by atoms with van der Waals surface area (Å²) in [5.41, 5.74) is 1.99. The quantitative estimate of drug-likeness (QED) is 0.876. The fraction of sp³-hybridized carbons (Fsp3) is 0.538. The second-order valence-electron chi connectivity index (χ2n) is 4.34.